The fourth-order valence-electron chi connectivity index (χ4n) is 2.64. The van der Waals surface area contributed by atoms with Crippen LogP contribution in [0.4, 0.5) is 13.2 Å². The summed E-state index contributed by atoms with van der Waals surface area (Å²) in [5.74, 6) is -3.49. The van der Waals surface area contributed by atoms with E-state index in [-0.39, 0.29) is 28.7 Å². The van der Waals surface area contributed by atoms with Crippen LogP contribution < -0.4 is 0 Å². The Morgan fingerprint density at radius 1 is 1.08 bits per heavy atom. The maximum Gasteiger partial charge on any atom is 0.417 e. The van der Waals surface area contributed by atoms with Gasteiger partial charge in [-0.05, 0) is 41.3 Å². The van der Waals surface area contributed by atoms with Gasteiger partial charge in [0.25, 0.3) is 0 Å². The van der Waals surface area contributed by atoms with E-state index in [0.717, 1.165) is 12.1 Å². The first kappa shape index (κ1) is 18.5. The van der Waals surface area contributed by atoms with Crippen LogP contribution in [0.15, 0.2) is 42.5 Å². The lowest BCUT2D eigenvalue weighted by Gasteiger charge is -2.17. The van der Waals surface area contributed by atoms with Crippen molar-refractivity contribution in [3.05, 3.63) is 59.2 Å². The normalized spacial score (nSPS) is 12.6. The van der Waals surface area contributed by atoms with Crippen molar-refractivity contribution in [2.45, 2.75) is 25.4 Å². The van der Waals surface area contributed by atoms with Crippen molar-refractivity contribution in [1.82, 2.24) is 0 Å². The summed E-state index contributed by atoms with van der Waals surface area (Å²) in [4.78, 5) is 22.3. The van der Waals surface area contributed by atoms with Crippen molar-refractivity contribution in [1.29, 1.82) is 0 Å². The van der Waals surface area contributed by atoms with Crippen LogP contribution in [0.1, 0.15) is 40.7 Å². The molecule has 2 aromatic rings. The Bertz CT molecular complexity index is 812. The van der Waals surface area contributed by atoms with Gasteiger partial charge in [0.1, 0.15) is 0 Å². The fourth-order valence-corrected chi connectivity index (χ4v) is 2.64. The molecule has 0 spiro atoms. The van der Waals surface area contributed by atoms with Crippen LogP contribution in [0.5, 0.6) is 0 Å². The van der Waals surface area contributed by atoms with E-state index in [9.17, 15) is 22.8 Å². The first-order valence-corrected chi connectivity index (χ1v) is 7.42. The first-order chi connectivity index (χ1) is 11.6. The number of hydrogen-bond donors (Lipinski definition) is 2. The highest BCUT2D eigenvalue weighted by Gasteiger charge is 2.35. The van der Waals surface area contributed by atoms with Crippen LogP contribution in [0.25, 0.3) is 11.1 Å². The highest BCUT2D eigenvalue weighted by molar-refractivity contribution is 5.89. The van der Waals surface area contributed by atoms with E-state index >= 15 is 0 Å². The summed E-state index contributed by atoms with van der Waals surface area (Å²) in [6.07, 6.45) is -4.55. The molecule has 2 N–H and O–H groups in total. The minimum atomic E-state index is -4.71. The van der Waals surface area contributed by atoms with Gasteiger partial charge >= 0.3 is 18.1 Å². The monoisotopic (exact) mass is 352 g/mol. The molecule has 0 aliphatic carbocycles. The average molecular weight is 352 g/mol. The maximum absolute atomic E-state index is 13.5. The fraction of sp³-hybridized carbons (Fsp3) is 0.222. The maximum atomic E-state index is 13.5. The van der Waals surface area contributed by atoms with E-state index in [0.29, 0.717) is 0 Å². The van der Waals surface area contributed by atoms with Gasteiger partial charge in [0.05, 0.1) is 17.0 Å². The zero-order valence-electron chi connectivity index (χ0n) is 13.2. The van der Waals surface area contributed by atoms with Crippen molar-refractivity contribution in [2.75, 3.05) is 0 Å². The minimum absolute atomic E-state index is 0.0560. The molecule has 1 atom stereocenters. The predicted octanol–water partition coefficient (Wildman–Crippen LogP) is 4.65. The van der Waals surface area contributed by atoms with Gasteiger partial charge in [-0.25, -0.2) is 4.79 Å². The molecule has 0 bridgehead atoms. The van der Waals surface area contributed by atoms with E-state index in [1.807, 2.05) is 0 Å². The summed E-state index contributed by atoms with van der Waals surface area (Å²) >= 11 is 0. The lowest BCUT2D eigenvalue weighted by molar-refractivity contribution is -0.140. The van der Waals surface area contributed by atoms with Crippen LogP contribution in [-0.4, -0.2) is 22.2 Å². The second kappa shape index (κ2) is 6.96. The quantitative estimate of drug-likeness (QED) is 0.821. The van der Waals surface area contributed by atoms with Crippen molar-refractivity contribution in [2.24, 2.45) is 0 Å². The van der Waals surface area contributed by atoms with Crippen LogP contribution in [-0.2, 0) is 11.0 Å². The van der Waals surface area contributed by atoms with Crippen LogP contribution >= 0.6 is 0 Å². The second-order valence-electron chi connectivity index (χ2n) is 5.49. The number of hydrogen-bond acceptors (Lipinski definition) is 2. The Labute approximate surface area is 141 Å². The number of aliphatic carboxylic acids is 1. The average Bonchev–Trinajstić information content (AvgIpc) is 2.54. The highest BCUT2D eigenvalue weighted by atomic mass is 19.4. The molecule has 0 heterocycles. The zero-order valence-corrected chi connectivity index (χ0v) is 13.2. The number of rotatable bonds is 5. The summed E-state index contributed by atoms with van der Waals surface area (Å²) in [5, 5.41) is 18.2. The lowest BCUT2D eigenvalue weighted by atomic mass is 9.90. The largest absolute Gasteiger partial charge is 0.481 e. The molecule has 25 heavy (non-hydrogen) atoms. The number of carboxylic acids is 2. The third-order valence-electron chi connectivity index (χ3n) is 3.88. The van der Waals surface area contributed by atoms with Gasteiger partial charge in [0, 0.05) is 0 Å². The Kier molecular flexibility index (Phi) is 5.15. The third kappa shape index (κ3) is 3.99. The van der Waals surface area contributed by atoms with E-state index in [2.05, 4.69) is 0 Å². The zero-order chi connectivity index (χ0) is 18.8. The molecule has 2 rings (SSSR count). The molecule has 7 heteroatoms. The van der Waals surface area contributed by atoms with Gasteiger partial charge in [-0.3, -0.25) is 4.79 Å². The molecular weight excluding hydrogens is 337 g/mol. The van der Waals surface area contributed by atoms with Gasteiger partial charge < -0.3 is 10.2 Å². The molecule has 0 saturated carbocycles. The summed E-state index contributed by atoms with van der Waals surface area (Å²) in [5.41, 5.74) is -1.17. The Morgan fingerprint density at radius 3 is 2.28 bits per heavy atom. The number of benzene rings is 2. The molecule has 0 aliphatic rings. The van der Waals surface area contributed by atoms with E-state index in [4.69, 9.17) is 10.2 Å². The van der Waals surface area contributed by atoms with Gasteiger partial charge in [0.2, 0.25) is 0 Å². The molecule has 0 fully saturated rings. The molecule has 0 aliphatic heterocycles. The van der Waals surface area contributed by atoms with Crippen molar-refractivity contribution in [3.63, 3.8) is 0 Å². The van der Waals surface area contributed by atoms with Crippen LogP contribution in [0.2, 0.25) is 0 Å². The minimum Gasteiger partial charge on any atom is -0.481 e. The van der Waals surface area contributed by atoms with Gasteiger partial charge in [-0.15, -0.1) is 0 Å². The Hall–Kier alpha value is -2.83. The topological polar surface area (TPSA) is 74.6 Å². The summed E-state index contributed by atoms with van der Waals surface area (Å²) in [6.45, 7) is 1.58. The molecule has 1 unspecified atom stereocenters. The molecule has 0 radical (unpaired) electrons. The molecule has 2 aromatic carbocycles. The number of alkyl halides is 3. The number of carbonyl (C=O) groups is 2. The second-order valence-corrected chi connectivity index (χ2v) is 5.49. The van der Waals surface area contributed by atoms with Gasteiger partial charge in [-0.1, -0.05) is 31.2 Å². The van der Waals surface area contributed by atoms with E-state index < -0.39 is 29.6 Å². The summed E-state index contributed by atoms with van der Waals surface area (Å²) in [7, 11) is 0. The number of carboxylic acid groups (broad SMARTS) is 2. The number of halogens is 3. The molecule has 4 nitrogen and oxygen atoms in total. The van der Waals surface area contributed by atoms with Crippen molar-refractivity contribution < 1.29 is 33.0 Å². The molecule has 0 aromatic heterocycles. The summed E-state index contributed by atoms with van der Waals surface area (Å²) in [6, 6.07) is 8.52. The van der Waals surface area contributed by atoms with Crippen LogP contribution in [0.3, 0.4) is 0 Å². The molecule has 0 saturated heterocycles. The van der Waals surface area contributed by atoms with E-state index in [1.54, 1.807) is 6.92 Å². The van der Waals surface area contributed by atoms with Crippen molar-refractivity contribution in [3.8, 4) is 11.1 Å². The first-order valence-electron chi connectivity index (χ1n) is 7.42. The Balaban J connectivity index is 2.65. The smallest absolute Gasteiger partial charge is 0.417 e. The van der Waals surface area contributed by atoms with Gasteiger partial charge in [-0.2, -0.15) is 13.2 Å². The lowest BCUT2D eigenvalue weighted by Crippen LogP contribution is -2.13. The summed E-state index contributed by atoms with van der Waals surface area (Å²) < 4.78 is 40.4. The third-order valence-corrected chi connectivity index (χ3v) is 3.88. The Morgan fingerprint density at radius 2 is 1.76 bits per heavy atom. The number of aromatic carboxylic acids is 1. The highest BCUT2D eigenvalue weighted by Crippen LogP contribution is 2.39. The van der Waals surface area contributed by atoms with Crippen LogP contribution in [0, 0.1) is 0 Å². The SMILES string of the molecule is CCC(C(=O)O)c1ccc(-c2cccc(C(=O)O)c2)c(C(F)(F)F)c1. The van der Waals surface area contributed by atoms with Gasteiger partial charge in [0.15, 0.2) is 0 Å². The standard InChI is InChI=1S/C18H15F3O4/c1-2-13(17(24)25)11-6-7-14(15(9-11)18(19,20)21)10-4-3-5-12(8-10)16(22)23/h3-9,13H,2H2,1H3,(H,22,23)(H,24,25). The molecule has 132 valence electrons. The molecule has 0 amide bonds. The predicted molar refractivity (Wildman–Crippen MR) is 84.5 cm³/mol. The van der Waals surface area contributed by atoms with E-state index in [1.165, 1.54) is 30.3 Å². The van der Waals surface area contributed by atoms with Crippen molar-refractivity contribution >= 4 is 11.9 Å². The molecular formula is C18H15F3O4.